The standard InChI is InChI=1S/C11H15F3O2/c12-11(13,14)7-1-2-8-3-5-9(6-4-8)10(15)16/h1-2,8-9H,3-7H2,(H,15,16). The summed E-state index contributed by atoms with van der Waals surface area (Å²) in [5.74, 6) is -0.997. The lowest BCUT2D eigenvalue weighted by atomic mass is 9.82. The van der Waals surface area contributed by atoms with E-state index in [1.807, 2.05) is 0 Å². The second-order valence-electron chi connectivity index (χ2n) is 4.20. The maximum Gasteiger partial charge on any atom is 0.392 e. The minimum atomic E-state index is -4.14. The Kier molecular flexibility index (Phi) is 4.38. The molecule has 1 aliphatic rings. The van der Waals surface area contributed by atoms with Gasteiger partial charge >= 0.3 is 12.1 Å². The van der Waals surface area contributed by atoms with Crippen LogP contribution in [0.1, 0.15) is 32.1 Å². The Balaban J connectivity index is 2.29. The van der Waals surface area contributed by atoms with Crippen molar-refractivity contribution in [1.29, 1.82) is 0 Å². The van der Waals surface area contributed by atoms with Crippen LogP contribution in [0.15, 0.2) is 12.2 Å². The smallest absolute Gasteiger partial charge is 0.392 e. The number of alkyl halides is 3. The molecule has 0 saturated heterocycles. The Morgan fingerprint density at radius 2 is 1.81 bits per heavy atom. The fourth-order valence-electron chi connectivity index (χ4n) is 1.95. The molecule has 1 N–H and O–H groups in total. The monoisotopic (exact) mass is 236 g/mol. The van der Waals surface area contributed by atoms with Crippen molar-refractivity contribution < 1.29 is 23.1 Å². The summed E-state index contributed by atoms with van der Waals surface area (Å²) in [6.45, 7) is 0. The molecular formula is C11H15F3O2. The summed E-state index contributed by atoms with van der Waals surface area (Å²) in [6.07, 6.45) is 0.154. The van der Waals surface area contributed by atoms with Gasteiger partial charge in [0.05, 0.1) is 12.3 Å². The minimum absolute atomic E-state index is 0.109. The zero-order valence-corrected chi connectivity index (χ0v) is 8.83. The minimum Gasteiger partial charge on any atom is -0.481 e. The van der Waals surface area contributed by atoms with E-state index in [0.29, 0.717) is 25.7 Å². The zero-order valence-electron chi connectivity index (χ0n) is 8.83. The Morgan fingerprint density at radius 1 is 1.25 bits per heavy atom. The van der Waals surface area contributed by atoms with Crippen LogP contribution in [-0.2, 0) is 4.79 Å². The molecule has 0 radical (unpaired) electrons. The van der Waals surface area contributed by atoms with Crippen LogP contribution in [0.5, 0.6) is 0 Å². The van der Waals surface area contributed by atoms with Gasteiger partial charge in [0, 0.05) is 0 Å². The highest BCUT2D eigenvalue weighted by Crippen LogP contribution is 2.30. The summed E-state index contributed by atoms with van der Waals surface area (Å²) in [4.78, 5) is 10.6. The Hall–Kier alpha value is -1.00. The number of hydrogen-bond acceptors (Lipinski definition) is 1. The molecule has 0 amide bonds. The lowest BCUT2D eigenvalue weighted by Gasteiger charge is -2.23. The van der Waals surface area contributed by atoms with E-state index < -0.39 is 18.6 Å². The maximum absolute atomic E-state index is 11.8. The van der Waals surface area contributed by atoms with E-state index in [-0.39, 0.29) is 11.8 Å². The highest BCUT2D eigenvalue weighted by molar-refractivity contribution is 5.70. The predicted octanol–water partition coefficient (Wildman–Crippen LogP) is 3.39. The van der Waals surface area contributed by atoms with Crippen LogP contribution in [0.3, 0.4) is 0 Å². The first-order chi connectivity index (χ1) is 7.38. The molecule has 16 heavy (non-hydrogen) atoms. The number of carboxylic acid groups (broad SMARTS) is 1. The van der Waals surface area contributed by atoms with Crippen LogP contribution < -0.4 is 0 Å². The van der Waals surface area contributed by atoms with Crippen molar-refractivity contribution in [3.63, 3.8) is 0 Å². The van der Waals surface area contributed by atoms with Crippen LogP contribution in [0.2, 0.25) is 0 Å². The van der Waals surface area contributed by atoms with Crippen molar-refractivity contribution in [3.05, 3.63) is 12.2 Å². The van der Waals surface area contributed by atoms with Gasteiger partial charge in [0.1, 0.15) is 0 Å². The number of aliphatic carboxylic acids is 1. The van der Waals surface area contributed by atoms with E-state index >= 15 is 0 Å². The highest BCUT2D eigenvalue weighted by Gasteiger charge is 2.26. The van der Waals surface area contributed by atoms with Crippen molar-refractivity contribution in [2.75, 3.05) is 0 Å². The number of rotatable bonds is 3. The molecule has 0 aromatic carbocycles. The van der Waals surface area contributed by atoms with Crippen molar-refractivity contribution in [2.24, 2.45) is 11.8 Å². The lowest BCUT2D eigenvalue weighted by Crippen LogP contribution is -2.20. The van der Waals surface area contributed by atoms with E-state index in [0.717, 1.165) is 6.08 Å². The maximum atomic E-state index is 11.8. The van der Waals surface area contributed by atoms with Gasteiger partial charge in [-0.25, -0.2) is 0 Å². The second-order valence-corrected chi connectivity index (χ2v) is 4.20. The molecule has 92 valence electrons. The van der Waals surface area contributed by atoms with E-state index in [1.54, 1.807) is 6.08 Å². The molecule has 0 atom stereocenters. The summed E-state index contributed by atoms with van der Waals surface area (Å²) in [5.41, 5.74) is 0. The molecule has 1 aliphatic carbocycles. The summed E-state index contributed by atoms with van der Waals surface area (Å²) in [5, 5.41) is 8.74. The van der Waals surface area contributed by atoms with Crippen LogP contribution in [0.25, 0.3) is 0 Å². The lowest BCUT2D eigenvalue weighted by molar-refractivity contribution is -0.142. The molecule has 0 unspecified atom stereocenters. The third-order valence-electron chi connectivity index (χ3n) is 2.88. The summed E-state index contributed by atoms with van der Waals surface area (Å²) in [7, 11) is 0. The van der Waals surface area contributed by atoms with Crippen molar-refractivity contribution in [1.82, 2.24) is 0 Å². The highest BCUT2D eigenvalue weighted by atomic mass is 19.4. The van der Waals surface area contributed by atoms with Crippen LogP contribution >= 0.6 is 0 Å². The third kappa shape index (κ3) is 4.68. The second kappa shape index (κ2) is 5.37. The molecule has 0 aliphatic heterocycles. The molecule has 2 nitrogen and oxygen atoms in total. The molecule has 0 aromatic heterocycles. The normalized spacial score (nSPS) is 27.2. The quantitative estimate of drug-likeness (QED) is 0.762. The van der Waals surface area contributed by atoms with E-state index in [2.05, 4.69) is 0 Å². The molecular weight excluding hydrogens is 221 g/mol. The number of allylic oxidation sites excluding steroid dienone is 2. The molecule has 1 rings (SSSR count). The van der Waals surface area contributed by atoms with Gasteiger partial charge in [0.25, 0.3) is 0 Å². The van der Waals surface area contributed by atoms with Crippen molar-refractivity contribution in [3.8, 4) is 0 Å². The molecule has 0 bridgehead atoms. The van der Waals surface area contributed by atoms with Gasteiger partial charge < -0.3 is 5.11 Å². The van der Waals surface area contributed by atoms with Gasteiger partial charge in [-0.15, -0.1) is 0 Å². The molecule has 0 aromatic rings. The topological polar surface area (TPSA) is 37.3 Å². The van der Waals surface area contributed by atoms with Crippen molar-refractivity contribution in [2.45, 2.75) is 38.3 Å². The van der Waals surface area contributed by atoms with E-state index in [9.17, 15) is 18.0 Å². The first-order valence-corrected chi connectivity index (χ1v) is 5.34. The van der Waals surface area contributed by atoms with Gasteiger partial charge in [-0.05, 0) is 31.6 Å². The predicted molar refractivity (Wildman–Crippen MR) is 52.9 cm³/mol. The van der Waals surface area contributed by atoms with Gasteiger partial charge in [0.15, 0.2) is 0 Å². The molecule has 1 fully saturated rings. The number of hydrogen-bond donors (Lipinski definition) is 1. The van der Waals surface area contributed by atoms with Gasteiger partial charge in [-0.2, -0.15) is 13.2 Å². The Bertz CT molecular complexity index is 263. The first kappa shape index (κ1) is 13.1. The Morgan fingerprint density at radius 3 is 2.25 bits per heavy atom. The molecule has 1 saturated carbocycles. The summed E-state index contributed by atoms with van der Waals surface area (Å²) in [6, 6.07) is 0. The van der Waals surface area contributed by atoms with E-state index in [4.69, 9.17) is 5.11 Å². The number of carboxylic acids is 1. The summed E-state index contributed by atoms with van der Waals surface area (Å²) < 4.78 is 35.5. The molecule has 0 heterocycles. The zero-order chi connectivity index (χ0) is 12.2. The molecule has 0 spiro atoms. The fraction of sp³-hybridized carbons (Fsp3) is 0.727. The average molecular weight is 236 g/mol. The van der Waals surface area contributed by atoms with Crippen molar-refractivity contribution >= 4 is 5.97 Å². The van der Waals surface area contributed by atoms with E-state index in [1.165, 1.54) is 0 Å². The third-order valence-corrected chi connectivity index (χ3v) is 2.88. The summed E-state index contributed by atoms with van der Waals surface area (Å²) >= 11 is 0. The average Bonchev–Trinajstić information content (AvgIpc) is 2.16. The number of halogens is 3. The molecule has 5 heteroatoms. The van der Waals surface area contributed by atoms with Gasteiger partial charge in [-0.1, -0.05) is 12.2 Å². The Labute approximate surface area is 92.1 Å². The SMILES string of the molecule is O=C(O)C1CCC(C=CCC(F)(F)F)CC1. The van der Waals surface area contributed by atoms with Crippen LogP contribution in [0, 0.1) is 11.8 Å². The van der Waals surface area contributed by atoms with Gasteiger partial charge in [-0.3, -0.25) is 4.79 Å². The number of carbonyl (C=O) groups is 1. The van der Waals surface area contributed by atoms with Crippen LogP contribution in [-0.4, -0.2) is 17.3 Å². The van der Waals surface area contributed by atoms with Crippen LogP contribution in [0.4, 0.5) is 13.2 Å². The fourth-order valence-corrected chi connectivity index (χ4v) is 1.95. The first-order valence-electron chi connectivity index (χ1n) is 5.34. The van der Waals surface area contributed by atoms with Gasteiger partial charge in [0.2, 0.25) is 0 Å². The largest absolute Gasteiger partial charge is 0.481 e.